The number of rotatable bonds is 4. The van der Waals surface area contributed by atoms with E-state index in [0.717, 1.165) is 5.75 Å². The van der Waals surface area contributed by atoms with Crippen LogP contribution in [-0.2, 0) is 0 Å². The normalized spacial score (nSPS) is 13.9. The molecule has 0 unspecified atom stereocenters. The molecule has 2 N–H and O–H groups in total. The average Bonchev–Trinajstić information content (AvgIpc) is 1.83. The van der Waals surface area contributed by atoms with E-state index in [1.807, 2.05) is 6.26 Å². The first-order valence-electron chi connectivity index (χ1n) is 2.59. The number of aliphatic hydroxyl groups excluding tert-OH is 2. The van der Waals surface area contributed by atoms with E-state index < -0.39 is 6.10 Å². The highest BCUT2D eigenvalue weighted by Crippen LogP contribution is 1.98. The minimum absolute atomic E-state index is 0.111. The lowest BCUT2D eigenvalue weighted by Gasteiger charge is -2.02. The van der Waals surface area contributed by atoms with Crippen molar-refractivity contribution >= 4 is 11.8 Å². The van der Waals surface area contributed by atoms with E-state index in [-0.39, 0.29) is 6.61 Å². The molecule has 0 rings (SSSR count). The quantitative estimate of drug-likeness (QED) is 0.575. The fourth-order valence-electron chi connectivity index (χ4n) is 0.345. The van der Waals surface area contributed by atoms with Gasteiger partial charge in [-0.15, -0.1) is 0 Å². The Morgan fingerprint density at radius 3 is 2.62 bits per heavy atom. The Bertz CT molecular complexity index is 49.7. The molecule has 0 spiro atoms. The standard InChI is InChI=1S/C5H12O2S/c1-8-3-2-5(7)4-6/h5-7H,2-4H2,1H3/t5-/m0/s1. The average molecular weight is 136 g/mol. The molecule has 0 heterocycles. The van der Waals surface area contributed by atoms with Crippen molar-refractivity contribution in [1.82, 2.24) is 0 Å². The van der Waals surface area contributed by atoms with E-state index in [1.54, 1.807) is 11.8 Å². The molecular weight excluding hydrogens is 124 g/mol. The van der Waals surface area contributed by atoms with Crippen LogP contribution in [0.1, 0.15) is 6.42 Å². The van der Waals surface area contributed by atoms with Gasteiger partial charge in [-0.3, -0.25) is 0 Å². The van der Waals surface area contributed by atoms with Crippen molar-refractivity contribution in [3.8, 4) is 0 Å². The summed E-state index contributed by atoms with van der Waals surface area (Å²) < 4.78 is 0. The van der Waals surface area contributed by atoms with Crippen LogP contribution in [-0.4, -0.2) is 34.9 Å². The molecule has 0 radical (unpaired) electrons. The lowest BCUT2D eigenvalue weighted by molar-refractivity contribution is 0.0932. The van der Waals surface area contributed by atoms with Gasteiger partial charge >= 0.3 is 0 Å². The van der Waals surface area contributed by atoms with E-state index in [2.05, 4.69) is 0 Å². The summed E-state index contributed by atoms with van der Waals surface area (Å²) in [5.74, 6) is 0.918. The Morgan fingerprint density at radius 1 is 1.62 bits per heavy atom. The topological polar surface area (TPSA) is 40.5 Å². The Morgan fingerprint density at radius 2 is 2.25 bits per heavy atom. The van der Waals surface area contributed by atoms with Crippen LogP contribution in [0.15, 0.2) is 0 Å². The maximum absolute atomic E-state index is 8.73. The van der Waals surface area contributed by atoms with Crippen molar-refractivity contribution in [1.29, 1.82) is 0 Å². The van der Waals surface area contributed by atoms with Crippen molar-refractivity contribution in [2.24, 2.45) is 0 Å². The van der Waals surface area contributed by atoms with Gasteiger partial charge in [-0.1, -0.05) is 0 Å². The van der Waals surface area contributed by atoms with Crippen LogP contribution in [0, 0.1) is 0 Å². The maximum atomic E-state index is 8.73. The summed E-state index contributed by atoms with van der Waals surface area (Å²) in [6, 6.07) is 0. The minimum Gasteiger partial charge on any atom is -0.394 e. The molecule has 0 bridgehead atoms. The summed E-state index contributed by atoms with van der Waals surface area (Å²) >= 11 is 1.67. The number of hydrogen-bond donors (Lipinski definition) is 2. The van der Waals surface area contributed by atoms with Crippen molar-refractivity contribution in [2.75, 3.05) is 18.6 Å². The molecule has 0 aliphatic rings. The summed E-state index contributed by atoms with van der Waals surface area (Å²) in [4.78, 5) is 0. The van der Waals surface area contributed by atoms with Gasteiger partial charge in [0.2, 0.25) is 0 Å². The molecular formula is C5H12O2S. The van der Waals surface area contributed by atoms with Gasteiger partial charge < -0.3 is 10.2 Å². The number of thioether (sulfide) groups is 1. The van der Waals surface area contributed by atoms with Crippen LogP contribution in [0.25, 0.3) is 0 Å². The summed E-state index contributed by atoms with van der Waals surface area (Å²) in [5.41, 5.74) is 0. The molecule has 2 nitrogen and oxygen atoms in total. The van der Waals surface area contributed by atoms with Gasteiger partial charge in [0.1, 0.15) is 0 Å². The van der Waals surface area contributed by atoms with Crippen molar-refractivity contribution in [3.05, 3.63) is 0 Å². The Labute approximate surface area is 53.9 Å². The third-order valence-corrected chi connectivity index (χ3v) is 1.51. The Kier molecular flexibility index (Phi) is 5.59. The fraction of sp³-hybridized carbons (Fsp3) is 1.00. The van der Waals surface area contributed by atoms with Gasteiger partial charge in [0.15, 0.2) is 0 Å². The fourth-order valence-corrected chi connectivity index (χ4v) is 0.853. The third-order valence-electron chi connectivity index (χ3n) is 0.866. The van der Waals surface area contributed by atoms with Crippen LogP contribution < -0.4 is 0 Å². The van der Waals surface area contributed by atoms with Gasteiger partial charge in [0, 0.05) is 0 Å². The highest BCUT2D eigenvalue weighted by atomic mass is 32.2. The molecule has 8 heavy (non-hydrogen) atoms. The maximum Gasteiger partial charge on any atom is 0.0778 e. The second-order valence-electron chi connectivity index (χ2n) is 1.62. The number of hydrogen-bond acceptors (Lipinski definition) is 3. The van der Waals surface area contributed by atoms with Crippen molar-refractivity contribution < 1.29 is 10.2 Å². The van der Waals surface area contributed by atoms with Crippen LogP contribution in [0.3, 0.4) is 0 Å². The molecule has 0 saturated heterocycles. The van der Waals surface area contributed by atoms with E-state index in [9.17, 15) is 0 Å². The molecule has 3 heteroatoms. The van der Waals surface area contributed by atoms with Gasteiger partial charge in [0.25, 0.3) is 0 Å². The van der Waals surface area contributed by atoms with Crippen LogP contribution in [0.4, 0.5) is 0 Å². The molecule has 0 saturated carbocycles. The van der Waals surface area contributed by atoms with Gasteiger partial charge in [-0.25, -0.2) is 0 Å². The first-order valence-corrected chi connectivity index (χ1v) is 3.98. The van der Waals surface area contributed by atoms with Gasteiger partial charge in [0.05, 0.1) is 12.7 Å². The second kappa shape index (κ2) is 5.41. The molecule has 0 amide bonds. The zero-order valence-corrected chi connectivity index (χ0v) is 5.82. The minimum atomic E-state index is -0.512. The molecule has 50 valence electrons. The van der Waals surface area contributed by atoms with Crippen LogP contribution in [0.5, 0.6) is 0 Å². The van der Waals surface area contributed by atoms with E-state index >= 15 is 0 Å². The van der Waals surface area contributed by atoms with Gasteiger partial charge in [-0.2, -0.15) is 11.8 Å². The monoisotopic (exact) mass is 136 g/mol. The van der Waals surface area contributed by atoms with Crippen molar-refractivity contribution in [3.63, 3.8) is 0 Å². The molecule has 0 aromatic carbocycles. The van der Waals surface area contributed by atoms with E-state index in [1.165, 1.54) is 0 Å². The number of aliphatic hydroxyl groups is 2. The molecule has 0 fully saturated rings. The van der Waals surface area contributed by atoms with E-state index in [0.29, 0.717) is 6.42 Å². The first-order chi connectivity index (χ1) is 3.81. The Balaban J connectivity index is 2.86. The predicted octanol–water partition coefficient (Wildman–Crippen LogP) is 0.0927. The first kappa shape index (κ1) is 8.27. The molecule has 0 aromatic rings. The van der Waals surface area contributed by atoms with Crippen molar-refractivity contribution in [2.45, 2.75) is 12.5 Å². The second-order valence-corrected chi connectivity index (χ2v) is 2.60. The SMILES string of the molecule is CSCC[C@H](O)CO. The van der Waals surface area contributed by atoms with Gasteiger partial charge in [-0.05, 0) is 18.4 Å². The lowest BCUT2D eigenvalue weighted by Crippen LogP contribution is -2.12. The van der Waals surface area contributed by atoms with E-state index in [4.69, 9.17) is 10.2 Å². The molecule has 0 aromatic heterocycles. The van der Waals surface area contributed by atoms with Crippen LogP contribution >= 0.6 is 11.8 Å². The Hall–Kier alpha value is 0.270. The predicted molar refractivity (Wildman–Crippen MR) is 36.1 cm³/mol. The lowest BCUT2D eigenvalue weighted by atomic mass is 10.3. The summed E-state index contributed by atoms with van der Waals surface area (Å²) in [5, 5.41) is 17.0. The highest BCUT2D eigenvalue weighted by Gasteiger charge is 1.98. The smallest absolute Gasteiger partial charge is 0.0778 e. The third kappa shape index (κ3) is 4.43. The highest BCUT2D eigenvalue weighted by molar-refractivity contribution is 7.98. The largest absolute Gasteiger partial charge is 0.394 e. The zero-order chi connectivity index (χ0) is 6.41. The molecule has 0 aliphatic carbocycles. The van der Waals surface area contributed by atoms with Crippen LogP contribution in [0.2, 0.25) is 0 Å². The summed E-state index contributed by atoms with van der Waals surface area (Å²) in [6.07, 6.45) is 2.16. The summed E-state index contributed by atoms with van der Waals surface area (Å²) in [6.45, 7) is -0.111. The summed E-state index contributed by atoms with van der Waals surface area (Å²) in [7, 11) is 0. The zero-order valence-electron chi connectivity index (χ0n) is 5.00. The molecule has 1 atom stereocenters. The molecule has 0 aliphatic heterocycles.